The van der Waals surface area contributed by atoms with Gasteiger partial charge in [-0.1, -0.05) is 30.1 Å². The molecule has 5 heteroatoms. The molecule has 1 fully saturated rings. The first kappa shape index (κ1) is 16.5. The van der Waals surface area contributed by atoms with Gasteiger partial charge in [-0.25, -0.2) is 5.43 Å². The molecule has 2 N–H and O–H groups in total. The van der Waals surface area contributed by atoms with E-state index in [1.54, 1.807) is 17.0 Å². The summed E-state index contributed by atoms with van der Waals surface area (Å²) in [5, 5.41) is 1.78. The van der Waals surface area contributed by atoms with Crippen LogP contribution in [0.2, 0.25) is 0 Å². The molecule has 4 nitrogen and oxygen atoms in total. The number of carbonyl (C=O) groups excluding carboxylic acids is 1. The van der Waals surface area contributed by atoms with E-state index in [1.165, 1.54) is 18.4 Å². The zero-order chi connectivity index (χ0) is 17.4. The Balaban J connectivity index is 1.61. The number of hydrogen-bond acceptors (Lipinski definition) is 4. The fourth-order valence-electron chi connectivity index (χ4n) is 3.40. The third-order valence-corrected chi connectivity index (χ3v) is 5.33. The van der Waals surface area contributed by atoms with Gasteiger partial charge in [0.2, 0.25) is 0 Å². The molecule has 25 heavy (non-hydrogen) atoms. The van der Waals surface area contributed by atoms with Gasteiger partial charge < -0.3 is 4.72 Å². The number of amides is 1. The van der Waals surface area contributed by atoms with Gasteiger partial charge in [0.15, 0.2) is 0 Å². The minimum Gasteiger partial charge on any atom is -0.330 e. The third-order valence-electron chi connectivity index (χ3n) is 4.89. The molecule has 130 valence electrons. The lowest BCUT2D eigenvalue weighted by molar-refractivity contribution is 0.0680. The maximum atomic E-state index is 12.7. The molecule has 0 atom stereocenters. The van der Waals surface area contributed by atoms with Crippen molar-refractivity contribution in [3.8, 4) is 11.1 Å². The van der Waals surface area contributed by atoms with Crippen LogP contribution in [-0.2, 0) is 6.54 Å². The van der Waals surface area contributed by atoms with E-state index in [0.717, 1.165) is 40.4 Å². The predicted molar refractivity (Wildman–Crippen MR) is 104 cm³/mol. The Morgan fingerprint density at radius 3 is 2.80 bits per heavy atom. The molecule has 0 bridgehead atoms. The van der Waals surface area contributed by atoms with Crippen molar-refractivity contribution in [2.45, 2.75) is 26.3 Å². The highest BCUT2D eigenvalue weighted by Crippen LogP contribution is 2.33. The second-order valence-electron chi connectivity index (χ2n) is 6.91. The second kappa shape index (κ2) is 6.73. The number of fused-ring (bicyclic) bond motifs is 1. The van der Waals surface area contributed by atoms with Crippen molar-refractivity contribution in [3.63, 3.8) is 0 Å². The maximum absolute atomic E-state index is 12.7. The van der Waals surface area contributed by atoms with Crippen LogP contribution in [0.3, 0.4) is 0 Å². The minimum atomic E-state index is 0.109. The largest absolute Gasteiger partial charge is 0.330 e. The molecular formula is C20H23N3OS. The number of hydrazine groups is 1. The van der Waals surface area contributed by atoms with E-state index in [-0.39, 0.29) is 5.91 Å². The summed E-state index contributed by atoms with van der Waals surface area (Å²) in [5.41, 5.74) is 9.78. The van der Waals surface area contributed by atoms with E-state index >= 15 is 0 Å². The number of anilines is 1. The standard InChI is InChI=1S/C20H23N3OS/c1-13-8-16(15-4-3-5-18(10-15)22-25-2)9-17-12-23(20(24)19(13)17)21-11-14-6-7-14/h3-5,8-10,14,21-22H,6-7,11-12H2,1-2H3. The van der Waals surface area contributed by atoms with Crippen LogP contribution in [0, 0.1) is 12.8 Å². The molecule has 0 spiro atoms. The second-order valence-corrected chi connectivity index (χ2v) is 7.52. The van der Waals surface area contributed by atoms with Gasteiger partial charge in [0.05, 0.1) is 6.54 Å². The fourth-order valence-corrected chi connectivity index (χ4v) is 3.77. The van der Waals surface area contributed by atoms with Gasteiger partial charge in [-0.05, 0) is 66.1 Å². The van der Waals surface area contributed by atoms with Crippen molar-refractivity contribution < 1.29 is 4.79 Å². The maximum Gasteiger partial charge on any atom is 0.268 e. The lowest BCUT2D eigenvalue weighted by Gasteiger charge is -2.16. The van der Waals surface area contributed by atoms with Crippen LogP contribution in [0.4, 0.5) is 5.69 Å². The van der Waals surface area contributed by atoms with Crippen LogP contribution in [0.15, 0.2) is 36.4 Å². The average Bonchev–Trinajstić information content (AvgIpc) is 3.37. The van der Waals surface area contributed by atoms with Gasteiger partial charge in [-0.2, -0.15) is 0 Å². The quantitative estimate of drug-likeness (QED) is 0.763. The van der Waals surface area contributed by atoms with Crippen LogP contribution in [0.5, 0.6) is 0 Å². The number of carbonyl (C=O) groups is 1. The van der Waals surface area contributed by atoms with Crippen molar-refractivity contribution in [2.75, 3.05) is 17.5 Å². The van der Waals surface area contributed by atoms with Gasteiger partial charge in [-0.3, -0.25) is 9.80 Å². The molecule has 1 saturated carbocycles. The summed E-state index contributed by atoms with van der Waals surface area (Å²) < 4.78 is 3.28. The summed E-state index contributed by atoms with van der Waals surface area (Å²) in [6.07, 6.45) is 4.58. The first-order chi connectivity index (χ1) is 12.2. The number of benzene rings is 2. The van der Waals surface area contributed by atoms with Crippen LogP contribution >= 0.6 is 11.9 Å². The van der Waals surface area contributed by atoms with Gasteiger partial charge in [-0.15, -0.1) is 0 Å². The molecule has 2 aromatic rings. The molecule has 0 aromatic heterocycles. The summed E-state index contributed by atoms with van der Waals surface area (Å²) in [6.45, 7) is 3.60. The zero-order valence-electron chi connectivity index (χ0n) is 14.6. The molecule has 1 aliphatic carbocycles. The number of nitrogens with one attached hydrogen (secondary N) is 2. The van der Waals surface area contributed by atoms with E-state index in [0.29, 0.717) is 6.54 Å². The summed E-state index contributed by atoms with van der Waals surface area (Å²) >= 11 is 1.59. The number of hydrogen-bond donors (Lipinski definition) is 2. The summed E-state index contributed by atoms with van der Waals surface area (Å²) in [7, 11) is 0. The van der Waals surface area contributed by atoms with Crippen molar-refractivity contribution in [3.05, 3.63) is 53.1 Å². The molecule has 1 aliphatic heterocycles. The predicted octanol–water partition coefficient (Wildman–Crippen LogP) is 4.22. The van der Waals surface area contributed by atoms with E-state index < -0.39 is 0 Å². The Hall–Kier alpha value is -1.98. The number of rotatable bonds is 6. The monoisotopic (exact) mass is 353 g/mol. The van der Waals surface area contributed by atoms with Crippen molar-refractivity contribution in [1.29, 1.82) is 0 Å². The molecule has 0 saturated heterocycles. The average molecular weight is 353 g/mol. The Morgan fingerprint density at radius 2 is 2.04 bits per heavy atom. The van der Waals surface area contributed by atoms with Gasteiger partial charge in [0.25, 0.3) is 5.91 Å². The van der Waals surface area contributed by atoms with Crippen LogP contribution in [-0.4, -0.2) is 23.7 Å². The summed E-state index contributed by atoms with van der Waals surface area (Å²) in [6, 6.07) is 12.7. The highest BCUT2D eigenvalue weighted by atomic mass is 32.2. The molecule has 4 rings (SSSR count). The lowest BCUT2D eigenvalue weighted by Crippen LogP contribution is -2.39. The van der Waals surface area contributed by atoms with Gasteiger partial charge in [0, 0.05) is 24.1 Å². The van der Waals surface area contributed by atoms with Crippen LogP contribution in [0.1, 0.15) is 34.3 Å². The van der Waals surface area contributed by atoms with Gasteiger partial charge in [0.1, 0.15) is 0 Å². The Morgan fingerprint density at radius 1 is 1.20 bits per heavy atom. The van der Waals surface area contributed by atoms with Crippen LogP contribution in [0.25, 0.3) is 11.1 Å². The first-order valence-corrected chi connectivity index (χ1v) is 9.96. The summed E-state index contributed by atoms with van der Waals surface area (Å²) in [5.74, 6) is 0.859. The van der Waals surface area contributed by atoms with E-state index in [4.69, 9.17) is 0 Å². The fraction of sp³-hybridized carbons (Fsp3) is 0.350. The van der Waals surface area contributed by atoms with E-state index in [2.05, 4.69) is 46.5 Å². The zero-order valence-corrected chi connectivity index (χ0v) is 15.5. The molecule has 1 amide bonds. The lowest BCUT2D eigenvalue weighted by atomic mass is 9.96. The molecule has 2 aromatic carbocycles. The normalized spacial score (nSPS) is 16.2. The molecule has 0 unspecified atom stereocenters. The highest BCUT2D eigenvalue weighted by molar-refractivity contribution is 7.99. The Kier molecular flexibility index (Phi) is 4.44. The first-order valence-electron chi connectivity index (χ1n) is 8.74. The minimum absolute atomic E-state index is 0.109. The van der Waals surface area contributed by atoms with Crippen molar-refractivity contribution in [1.82, 2.24) is 10.4 Å². The van der Waals surface area contributed by atoms with Gasteiger partial charge >= 0.3 is 0 Å². The molecule has 0 radical (unpaired) electrons. The smallest absolute Gasteiger partial charge is 0.268 e. The summed E-state index contributed by atoms with van der Waals surface area (Å²) in [4.78, 5) is 12.7. The van der Waals surface area contributed by atoms with Crippen molar-refractivity contribution >= 4 is 23.5 Å². The highest BCUT2D eigenvalue weighted by Gasteiger charge is 2.31. The van der Waals surface area contributed by atoms with E-state index in [1.807, 2.05) is 13.2 Å². The molecule has 2 aliphatic rings. The van der Waals surface area contributed by atoms with Crippen molar-refractivity contribution in [2.24, 2.45) is 5.92 Å². The Bertz CT molecular complexity index is 817. The molecule has 1 heterocycles. The van der Waals surface area contributed by atoms with Crippen LogP contribution < -0.4 is 10.1 Å². The SMILES string of the molecule is CSNc1cccc(-c2cc(C)c3c(c2)CN(NCC2CC2)C3=O)c1. The Labute approximate surface area is 153 Å². The van der Waals surface area contributed by atoms with E-state index in [9.17, 15) is 4.79 Å². The number of aryl methyl sites for hydroxylation is 1. The third kappa shape index (κ3) is 3.39. The topological polar surface area (TPSA) is 44.4 Å². The number of nitrogens with zero attached hydrogens (tertiary/aromatic N) is 1. The molecular weight excluding hydrogens is 330 g/mol.